The summed E-state index contributed by atoms with van der Waals surface area (Å²) in [5.41, 5.74) is 6.99. The van der Waals surface area contributed by atoms with E-state index >= 15 is 0 Å². The number of hydrogen-bond acceptors (Lipinski definition) is 6. The monoisotopic (exact) mass is 414 g/mol. The lowest BCUT2D eigenvalue weighted by Crippen LogP contribution is -2.13. The number of phenolic OH excluding ortho intramolecular Hbond substituents is 1. The van der Waals surface area contributed by atoms with Gasteiger partial charge in [0.2, 0.25) is 0 Å². The molecule has 5 N–H and O–H groups in total. The molecule has 0 bridgehead atoms. The Balaban J connectivity index is 1.80. The lowest BCUT2D eigenvalue weighted by Gasteiger charge is -2.12. The molecule has 1 aromatic heterocycles. The SMILES string of the molecule is Cc1ccccc1NC(=O)c1cc2ccccc2c(/N=N/c2[nH]ncc2C(N)=O)c1O. The summed E-state index contributed by atoms with van der Waals surface area (Å²) in [4.78, 5) is 24.4. The molecule has 4 rings (SSSR count). The number of hydrogen-bond donors (Lipinski definition) is 4. The van der Waals surface area contributed by atoms with Crippen LogP contribution in [0.3, 0.4) is 0 Å². The second kappa shape index (κ2) is 8.07. The van der Waals surface area contributed by atoms with E-state index in [1.165, 1.54) is 6.20 Å². The zero-order valence-corrected chi connectivity index (χ0v) is 16.5. The van der Waals surface area contributed by atoms with Gasteiger partial charge in [0, 0.05) is 11.1 Å². The molecular weight excluding hydrogens is 396 g/mol. The van der Waals surface area contributed by atoms with Crippen molar-refractivity contribution in [1.82, 2.24) is 10.2 Å². The average molecular weight is 414 g/mol. The van der Waals surface area contributed by atoms with Crippen LogP contribution in [0.25, 0.3) is 10.8 Å². The van der Waals surface area contributed by atoms with Crippen molar-refractivity contribution >= 4 is 39.8 Å². The van der Waals surface area contributed by atoms with Crippen molar-refractivity contribution in [2.24, 2.45) is 16.0 Å². The Morgan fingerprint density at radius 1 is 1.06 bits per heavy atom. The molecule has 0 aliphatic heterocycles. The van der Waals surface area contributed by atoms with Crippen LogP contribution in [0.1, 0.15) is 26.3 Å². The summed E-state index contributed by atoms with van der Waals surface area (Å²) in [6, 6.07) is 16.0. The number of fused-ring (bicyclic) bond motifs is 1. The van der Waals surface area contributed by atoms with Crippen molar-refractivity contribution in [3.05, 3.63) is 77.5 Å². The molecule has 4 aromatic rings. The van der Waals surface area contributed by atoms with E-state index in [-0.39, 0.29) is 28.4 Å². The first-order chi connectivity index (χ1) is 15.0. The molecule has 0 aliphatic rings. The number of para-hydroxylation sites is 1. The highest BCUT2D eigenvalue weighted by Crippen LogP contribution is 2.39. The van der Waals surface area contributed by atoms with E-state index in [4.69, 9.17) is 5.73 Å². The number of carbonyl (C=O) groups is 2. The van der Waals surface area contributed by atoms with Gasteiger partial charge in [-0.25, -0.2) is 0 Å². The Bertz CT molecular complexity index is 1340. The maximum Gasteiger partial charge on any atom is 0.259 e. The van der Waals surface area contributed by atoms with Gasteiger partial charge < -0.3 is 16.2 Å². The quantitative estimate of drug-likeness (QED) is 0.360. The number of aromatic nitrogens is 2. The number of amides is 2. The van der Waals surface area contributed by atoms with Gasteiger partial charge >= 0.3 is 0 Å². The number of benzene rings is 3. The predicted octanol–water partition coefficient (Wildman–Crippen LogP) is 4.34. The average Bonchev–Trinajstić information content (AvgIpc) is 3.23. The highest BCUT2D eigenvalue weighted by molar-refractivity contribution is 6.12. The summed E-state index contributed by atoms with van der Waals surface area (Å²) < 4.78 is 0. The number of nitrogens with two attached hydrogens (primary N) is 1. The Morgan fingerprint density at radius 3 is 2.58 bits per heavy atom. The van der Waals surface area contributed by atoms with E-state index in [9.17, 15) is 14.7 Å². The zero-order valence-electron chi connectivity index (χ0n) is 16.5. The first-order valence-electron chi connectivity index (χ1n) is 9.32. The lowest BCUT2D eigenvalue weighted by atomic mass is 10.0. The van der Waals surface area contributed by atoms with Gasteiger partial charge in [-0.05, 0) is 30.0 Å². The molecule has 2 amide bonds. The molecule has 0 aliphatic carbocycles. The van der Waals surface area contributed by atoms with Gasteiger partial charge in [-0.15, -0.1) is 10.2 Å². The van der Waals surface area contributed by atoms with Crippen LogP contribution in [0.5, 0.6) is 5.75 Å². The number of H-pyrrole nitrogens is 1. The summed E-state index contributed by atoms with van der Waals surface area (Å²) in [5, 5.41) is 29.3. The number of azo groups is 1. The third-order valence-corrected chi connectivity index (χ3v) is 4.77. The van der Waals surface area contributed by atoms with Crippen LogP contribution in [-0.2, 0) is 0 Å². The fraction of sp³-hybridized carbons (Fsp3) is 0.0455. The van der Waals surface area contributed by atoms with Gasteiger partial charge in [0.15, 0.2) is 11.6 Å². The number of phenols is 1. The largest absolute Gasteiger partial charge is 0.505 e. The van der Waals surface area contributed by atoms with Gasteiger partial charge in [-0.2, -0.15) is 5.10 Å². The summed E-state index contributed by atoms with van der Waals surface area (Å²) in [5.74, 6) is -1.50. The number of aryl methyl sites for hydroxylation is 1. The molecule has 31 heavy (non-hydrogen) atoms. The molecule has 0 saturated heterocycles. The molecule has 0 spiro atoms. The van der Waals surface area contributed by atoms with Crippen molar-refractivity contribution in [2.45, 2.75) is 6.92 Å². The van der Waals surface area contributed by atoms with Crippen molar-refractivity contribution in [2.75, 3.05) is 5.32 Å². The number of anilines is 1. The smallest absolute Gasteiger partial charge is 0.259 e. The van der Waals surface area contributed by atoms with Crippen LogP contribution in [0.2, 0.25) is 0 Å². The lowest BCUT2D eigenvalue weighted by molar-refractivity contribution is 0.0998. The van der Waals surface area contributed by atoms with Crippen molar-refractivity contribution in [3.8, 4) is 5.75 Å². The maximum atomic E-state index is 12.9. The topological polar surface area (TPSA) is 146 Å². The van der Waals surface area contributed by atoms with Gasteiger partial charge in [0.1, 0.15) is 11.3 Å². The standard InChI is InChI=1S/C22H18N6O3/c1-12-6-2-5-9-17(12)25-22(31)15-10-13-7-3-4-8-14(13)18(19(15)29)26-28-21-16(20(23)30)11-24-27-21/h2-11,29H,1H3,(H2,23,30)(H,24,27)(H,25,31)/b28-26+. The molecule has 0 fully saturated rings. The zero-order chi connectivity index (χ0) is 22.0. The molecule has 0 atom stereocenters. The van der Waals surface area contributed by atoms with Crippen molar-refractivity contribution in [1.29, 1.82) is 0 Å². The molecule has 154 valence electrons. The van der Waals surface area contributed by atoms with Gasteiger partial charge in [-0.1, -0.05) is 42.5 Å². The summed E-state index contributed by atoms with van der Waals surface area (Å²) in [6.45, 7) is 1.87. The Labute approximate surface area is 176 Å². The minimum absolute atomic E-state index is 0.0376. The van der Waals surface area contributed by atoms with Crippen LogP contribution >= 0.6 is 0 Å². The van der Waals surface area contributed by atoms with Crippen LogP contribution < -0.4 is 11.1 Å². The van der Waals surface area contributed by atoms with Crippen LogP contribution in [0.15, 0.2) is 71.0 Å². The molecule has 3 aromatic carbocycles. The van der Waals surface area contributed by atoms with Gasteiger partial charge in [0.05, 0.1) is 11.8 Å². The fourth-order valence-corrected chi connectivity index (χ4v) is 3.13. The number of carbonyl (C=O) groups excluding carboxylic acids is 2. The third kappa shape index (κ3) is 3.84. The van der Waals surface area contributed by atoms with Crippen LogP contribution in [-0.4, -0.2) is 27.1 Å². The molecule has 0 saturated carbocycles. The minimum atomic E-state index is -0.719. The molecule has 1 heterocycles. The Kier molecular flexibility index (Phi) is 5.15. The van der Waals surface area contributed by atoms with E-state index < -0.39 is 11.8 Å². The van der Waals surface area contributed by atoms with E-state index in [2.05, 4.69) is 25.7 Å². The van der Waals surface area contributed by atoms with Crippen molar-refractivity contribution in [3.63, 3.8) is 0 Å². The Morgan fingerprint density at radius 2 is 1.81 bits per heavy atom. The molecule has 0 radical (unpaired) electrons. The van der Waals surface area contributed by atoms with Gasteiger partial charge in [-0.3, -0.25) is 14.7 Å². The number of aromatic amines is 1. The second-order valence-corrected chi connectivity index (χ2v) is 6.81. The van der Waals surface area contributed by atoms with E-state index in [0.717, 1.165) is 5.56 Å². The number of primary amides is 1. The second-order valence-electron chi connectivity index (χ2n) is 6.81. The first-order valence-corrected chi connectivity index (χ1v) is 9.32. The number of nitrogens with zero attached hydrogens (tertiary/aromatic N) is 3. The van der Waals surface area contributed by atoms with E-state index in [1.54, 1.807) is 30.3 Å². The normalized spacial score (nSPS) is 11.1. The summed E-state index contributed by atoms with van der Waals surface area (Å²) in [6.07, 6.45) is 1.24. The van der Waals surface area contributed by atoms with E-state index in [0.29, 0.717) is 16.5 Å². The minimum Gasteiger partial charge on any atom is -0.505 e. The van der Waals surface area contributed by atoms with Gasteiger partial charge in [0.25, 0.3) is 11.8 Å². The summed E-state index contributed by atoms with van der Waals surface area (Å²) in [7, 11) is 0. The van der Waals surface area contributed by atoms with Crippen molar-refractivity contribution < 1.29 is 14.7 Å². The van der Waals surface area contributed by atoms with Crippen LogP contribution in [0, 0.1) is 6.92 Å². The van der Waals surface area contributed by atoms with E-state index in [1.807, 2.05) is 31.2 Å². The Hall–Kier alpha value is -4.53. The number of aromatic hydroxyl groups is 1. The third-order valence-electron chi connectivity index (χ3n) is 4.77. The highest BCUT2D eigenvalue weighted by Gasteiger charge is 2.19. The molecular formula is C22H18N6O3. The molecule has 0 unspecified atom stereocenters. The first kappa shape index (κ1) is 19.8. The number of nitrogens with one attached hydrogen (secondary N) is 2. The molecule has 9 nitrogen and oxygen atoms in total. The summed E-state index contributed by atoms with van der Waals surface area (Å²) >= 11 is 0. The van der Waals surface area contributed by atoms with Crippen LogP contribution in [0.4, 0.5) is 17.2 Å². The number of rotatable bonds is 5. The molecule has 9 heteroatoms. The maximum absolute atomic E-state index is 12.9. The highest BCUT2D eigenvalue weighted by atomic mass is 16.3. The predicted molar refractivity (Wildman–Crippen MR) is 116 cm³/mol. The fourth-order valence-electron chi connectivity index (χ4n) is 3.13.